The van der Waals surface area contributed by atoms with E-state index in [1.807, 2.05) is 48.7 Å². The Morgan fingerprint density at radius 3 is 2.68 bits per heavy atom. The molecule has 2 aromatic carbocycles. The summed E-state index contributed by atoms with van der Waals surface area (Å²) in [5, 5.41) is 3.90. The fraction of sp³-hybridized carbons (Fsp3) is 0.273. The number of rotatable bonds is 10. The maximum absolute atomic E-state index is 11.9. The molecular weight excluding hydrogens is 372 g/mol. The molecule has 2 N–H and O–H groups in total. The molecular formula is C22H24N2O3S. The first kappa shape index (κ1) is 20.0. The van der Waals surface area contributed by atoms with Gasteiger partial charge in [-0.25, -0.2) is 0 Å². The van der Waals surface area contributed by atoms with Gasteiger partial charge in [0.05, 0.1) is 0 Å². The van der Waals surface area contributed by atoms with Gasteiger partial charge < -0.3 is 15.0 Å². The van der Waals surface area contributed by atoms with Gasteiger partial charge in [0.2, 0.25) is 0 Å². The third kappa shape index (κ3) is 6.16. The third-order valence-corrected chi connectivity index (χ3v) is 5.39. The van der Waals surface area contributed by atoms with E-state index in [0.717, 1.165) is 28.6 Å². The number of carbonyl (C=O) groups excluding carboxylic acids is 2. The number of thioether (sulfide) groups is 1. The largest absolute Gasteiger partial charge is 0.456 e. The topological polar surface area (TPSA) is 71.2 Å². The Morgan fingerprint density at radius 1 is 1.04 bits per heavy atom. The van der Waals surface area contributed by atoms with Crippen molar-refractivity contribution in [2.45, 2.75) is 24.2 Å². The van der Waals surface area contributed by atoms with Crippen molar-refractivity contribution >= 4 is 34.5 Å². The van der Waals surface area contributed by atoms with Gasteiger partial charge >= 0.3 is 5.97 Å². The molecule has 0 spiro atoms. The number of hydrogen-bond donors (Lipinski definition) is 2. The highest BCUT2D eigenvalue weighted by atomic mass is 32.2. The summed E-state index contributed by atoms with van der Waals surface area (Å²) in [5.74, 6) is 0.305. The molecule has 0 aliphatic carbocycles. The Kier molecular flexibility index (Phi) is 7.55. The molecule has 1 heterocycles. The molecule has 0 unspecified atom stereocenters. The van der Waals surface area contributed by atoms with E-state index >= 15 is 0 Å². The molecule has 6 heteroatoms. The number of H-pyrrole nitrogens is 1. The molecule has 0 radical (unpaired) electrons. The first-order valence-electron chi connectivity index (χ1n) is 9.37. The molecule has 0 aliphatic rings. The predicted octanol–water partition coefficient (Wildman–Crippen LogP) is 3.94. The maximum Gasteiger partial charge on any atom is 0.306 e. The lowest BCUT2D eigenvalue weighted by molar-refractivity contribution is -0.148. The Morgan fingerprint density at radius 2 is 1.82 bits per heavy atom. The molecule has 1 aromatic heterocycles. The monoisotopic (exact) mass is 396 g/mol. The molecule has 28 heavy (non-hydrogen) atoms. The Labute approximate surface area is 168 Å². The minimum atomic E-state index is -0.361. The Bertz CT molecular complexity index is 908. The average molecular weight is 397 g/mol. The van der Waals surface area contributed by atoms with E-state index in [9.17, 15) is 9.59 Å². The second-order valence-corrected chi connectivity index (χ2v) is 7.55. The van der Waals surface area contributed by atoms with Crippen LogP contribution < -0.4 is 5.32 Å². The lowest BCUT2D eigenvalue weighted by Gasteiger charge is -2.07. The van der Waals surface area contributed by atoms with Crippen LogP contribution in [0.15, 0.2) is 65.7 Å². The van der Waals surface area contributed by atoms with Crippen molar-refractivity contribution < 1.29 is 14.3 Å². The number of nitrogens with one attached hydrogen (secondary N) is 2. The molecule has 0 fully saturated rings. The first-order valence-corrected chi connectivity index (χ1v) is 10.4. The van der Waals surface area contributed by atoms with E-state index in [1.54, 1.807) is 11.8 Å². The fourth-order valence-electron chi connectivity index (χ4n) is 2.85. The zero-order valence-electron chi connectivity index (χ0n) is 15.6. The summed E-state index contributed by atoms with van der Waals surface area (Å²) < 4.78 is 5.07. The molecule has 146 valence electrons. The number of aryl methyl sites for hydroxylation is 1. The van der Waals surface area contributed by atoms with Crippen molar-refractivity contribution in [3.8, 4) is 0 Å². The summed E-state index contributed by atoms with van der Waals surface area (Å²) in [7, 11) is 0. The number of amides is 1. The van der Waals surface area contributed by atoms with Crippen LogP contribution in [0.25, 0.3) is 10.9 Å². The quantitative estimate of drug-likeness (QED) is 0.309. The van der Waals surface area contributed by atoms with E-state index in [1.165, 1.54) is 4.90 Å². The molecule has 0 saturated carbocycles. The number of ether oxygens (including phenoxy) is 1. The second-order valence-electron chi connectivity index (χ2n) is 6.39. The van der Waals surface area contributed by atoms with E-state index in [-0.39, 0.29) is 24.9 Å². The minimum absolute atomic E-state index is 0.224. The van der Waals surface area contributed by atoms with Crippen molar-refractivity contribution in [2.75, 3.05) is 18.9 Å². The van der Waals surface area contributed by atoms with Gasteiger partial charge in [0.25, 0.3) is 5.91 Å². The van der Waals surface area contributed by atoms with Crippen LogP contribution in [0, 0.1) is 0 Å². The van der Waals surface area contributed by atoms with Crippen LogP contribution in [0.3, 0.4) is 0 Å². The highest BCUT2D eigenvalue weighted by Gasteiger charge is 2.10. The predicted molar refractivity (Wildman–Crippen MR) is 112 cm³/mol. The summed E-state index contributed by atoms with van der Waals surface area (Å²) in [4.78, 5) is 28.1. The normalized spacial score (nSPS) is 10.7. The standard InChI is InChI=1S/C22H24N2O3S/c25-21(23-13-6-14-28-18-7-2-1-3-8-18)16-27-22(26)12-11-17-15-24-20-10-5-4-9-19(17)20/h1-5,7-10,15,24H,6,11-14,16H2,(H,23,25). The van der Waals surface area contributed by atoms with E-state index < -0.39 is 0 Å². The van der Waals surface area contributed by atoms with E-state index in [2.05, 4.69) is 22.4 Å². The zero-order valence-corrected chi connectivity index (χ0v) is 16.5. The number of aromatic nitrogens is 1. The van der Waals surface area contributed by atoms with Gasteiger partial charge in [-0.15, -0.1) is 11.8 Å². The summed E-state index contributed by atoms with van der Waals surface area (Å²) >= 11 is 1.76. The number of carbonyl (C=O) groups is 2. The summed E-state index contributed by atoms with van der Waals surface area (Å²) in [6, 6.07) is 18.1. The van der Waals surface area contributed by atoms with Crippen molar-refractivity contribution in [1.29, 1.82) is 0 Å². The summed E-state index contributed by atoms with van der Waals surface area (Å²) in [5.41, 5.74) is 2.13. The molecule has 0 bridgehead atoms. The van der Waals surface area contributed by atoms with Crippen molar-refractivity contribution in [3.63, 3.8) is 0 Å². The van der Waals surface area contributed by atoms with Crippen molar-refractivity contribution in [2.24, 2.45) is 0 Å². The van der Waals surface area contributed by atoms with E-state index in [4.69, 9.17) is 4.74 Å². The highest BCUT2D eigenvalue weighted by Crippen LogP contribution is 2.19. The van der Waals surface area contributed by atoms with Crippen molar-refractivity contribution in [1.82, 2.24) is 10.3 Å². The Hall–Kier alpha value is -2.73. The van der Waals surface area contributed by atoms with E-state index in [0.29, 0.717) is 13.0 Å². The van der Waals surface area contributed by atoms with Crippen LogP contribution in [0.4, 0.5) is 0 Å². The molecule has 5 nitrogen and oxygen atoms in total. The van der Waals surface area contributed by atoms with Gasteiger partial charge in [-0.05, 0) is 42.4 Å². The Balaban J connectivity index is 1.27. The molecule has 0 atom stereocenters. The number of para-hydroxylation sites is 1. The maximum atomic E-state index is 11.9. The SMILES string of the molecule is O=C(COC(=O)CCc1c[nH]c2ccccc12)NCCCSc1ccccc1. The van der Waals surface area contributed by atoms with Crippen LogP contribution >= 0.6 is 11.8 Å². The van der Waals surface area contributed by atoms with Crippen molar-refractivity contribution in [3.05, 3.63) is 66.4 Å². The molecule has 0 aliphatic heterocycles. The number of hydrogen-bond acceptors (Lipinski definition) is 4. The van der Waals surface area contributed by atoms with Gasteiger partial charge in [-0.1, -0.05) is 36.4 Å². The first-order chi connectivity index (χ1) is 13.7. The van der Waals surface area contributed by atoms with Crippen LogP contribution in [0.1, 0.15) is 18.4 Å². The highest BCUT2D eigenvalue weighted by molar-refractivity contribution is 7.99. The van der Waals surface area contributed by atoms with Gasteiger partial charge in [-0.3, -0.25) is 9.59 Å². The minimum Gasteiger partial charge on any atom is -0.456 e. The summed E-state index contributed by atoms with van der Waals surface area (Å²) in [6.07, 6.45) is 3.61. The second kappa shape index (κ2) is 10.6. The number of benzene rings is 2. The third-order valence-electron chi connectivity index (χ3n) is 4.29. The van der Waals surface area contributed by atoms with Crippen LogP contribution in [-0.4, -0.2) is 35.8 Å². The van der Waals surface area contributed by atoms with Gasteiger partial charge in [-0.2, -0.15) is 0 Å². The van der Waals surface area contributed by atoms with Crippen LogP contribution in [0.2, 0.25) is 0 Å². The zero-order chi connectivity index (χ0) is 19.6. The lowest BCUT2D eigenvalue weighted by Crippen LogP contribution is -2.29. The van der Waals surface area contributed by atoms with Gasteiger partial charge in [0, 0.05) is 35.0 Å². The molecule has 0 saturated heterocycles. The van der Waals surface area contributed by atoms with Crippen LogP contribution in [0.5, 0.6) is 0 Å². The molecule has 1 amide bonds. The number of esters is 1. The van der Waals surface area contributed by atoms with Gasteiger partial charge in [0.15, 0.2) is 6.61 Å². The lowest BCUT2D eigenvalue weighted by atomic mass is 10.1. The molecule has 3 rings (SSSR count). The summed E-state index contributed by atoms with van der Waals surface area (Å²) in [6.45, 7) is 0.351. The average Bonchev–Trinajstić information content (AvgIpc) is 3.14. The smallest absolute Gasteiger partial charge is 0.306 e. The number of aromatic amines is 1. The van der Waals surface area contributed by atoms with Crippen LogP contribution in [-0.2, 0) is 20.7 Å². The molecule has 3 aromatic rings. The van der Waals surface area contributed by atoms with Gasteiger partial charge in [0.1, 0.15) is 0 Å². The number of fused-ring (bicyclic) bond motifs is 1. The fourth-order valence-corrected chi connectivity index (χ4v) is 3.73.